The highest BCUT2D eigenvalue weighted by atomic mass is 14.3. The van der Waals surface area contributed by atoms with E-state index in [1.54, 1.807) is 0 Å². The lowest BCUT2D eigenvalue weighted by Gasteiger charge is -2.16. The first kappa shape index (κ1) is 86.2. The molecule has 0 bridgehead atoms. The molecule has 147 heavy (non-hydrogen) atoms. The van der Waals surface area contributed by atoms with Crippen molar-refractivity contribution in [2.24, 2.45) is 0 Å². The van der Waals surface area contributed by atoms with Gasteiger partial charge in [-0.15, -0.1) is 0 Å². The molecule has 3 aliphatic carbocycles. The molecule has 0 saturated carbocycles. The molecule has 0 aromatic heterocycles. The molecule has 0 fully saturated rings. The van der Waals surface area contributed by atoms with Crippen LogP contribution in [0.4, 0.5) is 0 Å². The van der Waals surface area contributed by atoms with Crippen LogP contribution < -0.4 is 0 Å². The molecule has 0 heterocycles. The van der Waals surface area contributed by atoms with Gasteiger partial charge in [-0.2, -0.15) is 0 Å². The maximum Gasteiger partial charge on any atom is -0.000728 e. The molecule has 3 aliphatic rings. The third kappa shape index (κ3) is 15.5. The molecule has 0 atom stereocenters. The van der Waals surface area contributed by atoms with Crippen LogP contribution >= 0.6 is 0 Å². The lowest BCUT2D eigenvalue weighted by atomic mass is 9.88. The van der Waals surface area contributed by atoms with Crippen molar-refractivity contribution in [3.63, 3.8) is 0 Å². The molecule has 0 saturated heterocycles. The van der Waals surface area contributed by atoms with E-state index in [1.165, 1.54) is 297 Å². The Kier molecular flexibility index (Phi) is 21.3. The summed E-state index contributed by atoms with van der Waals surface area (Å²) in [5.41, 5.74) is 46.6. The zero-order chi connectivity index (χ0) is 96.9. The van der Waals surface area contributed by atoms with Gasteiger partial charge in [-0.05, 0) is 383 Å². The van der Waals surface area contributed by atoms with Crippen molar-refractivity contribution in [3.8, 4) is 167 Å². The fourth-order valence-corrected chi connectivity index (χ4v) is 24.3. The molecule has 0 heteroatoms. The zero-order valence-corrected chi connectivity index (χ0v) is 81.1. The van der Waals surface area contributed by atoms with E-state index in [2.05, 4.69) is 546 Å². The number of benzene rings is 27. The van der Waals surface area contributed by atoms with Gasteiger partial charge in [0.25, 0.3) is 0 Å². The van der Waals surface area contributed by atoms with Gasteiger partial charge in [-0.3, -0.25) is 0 Å². The van der Waals surface area contributed by atoms with Crippen LogP contribution in [0.3, 0.4) is 0 Å². The maximum absolute atomic E-state index is 2.44. The van der Waals surface area contributed by atoms with Crippen molar-refractivity contribution in [1.29, 1.82) is 0 Å². The van der Waals surface area contributed by atoms with Crippen LogP contribution in [0.15, 0.2) is 546 Å². The van der Waals surface area contributed by atoms with Crippen molar-refractivity contribution in [3.05, 3.63) is 579 Å². The van der Waals surface area contributed by atoms with E-state index in [-0.39, 0.29) is 0 Å². The summed E-state index contributed by atoms with van der Waals surface area (Å²) in [6, 6.07) is 201. The van der Waals surface area contributed by atoms with Crippen LogP contribution in [-0.2, 0) is 19.3 Å². The third-order valence-electron chi connectivity index (χ3n) is 31.5. The van der Waals surface area contributed by atoms with E-state index < -0.39 is 0 Å². The summed E-state index contributed by atoms with van der Waals surface area (Å²) in [4.78, 5) is 0. The van der Waals surface area contributed by atoms with E-state index in [0.29, 0.717) is 0 Å². The smallest absolute Gasteiger partial charge is 0.000728 e. The van der Waals surface area contributed by atoms with Crippen molar-refractivity contribution in [1.82, 2.24) is 0 Å². The largest absolute Gasteiger partial charge is 0.0622 e. The monoisotopic (exact) mass is 1860 g/mol. The first-order chi connectivity index (χ1) is 72.8. The molecule has 0 aliphatic heterocycles. The predicted octanol–water partition coefficient (Wildman–Crippen LogP) is 40.2. The standard InChI is InChI=1S/3C49H32/c1-2-10-32(11-3-1)33-20-22-34(23-21-33)35-12-8-13-38(28-35)40-18-9-19-45-47-29-36(24-25-39(47)31-48(40)45)37-26-27-46-43-16-5-4-14-41(43)42-15-6-7-17-44(42)49(46)30-37;1-2-11-32(12-3-1)33-21-23-34(24-22-33)35-14-10-15-37(27-35)46-30-39(31-47-40-16-5-4-13-38(40)29-49(46)47)36-25-26-45-43-19-7-6-17-41(43)42-18-8-9-20-44(42)48(45)28-36;1-2-11-32(12-3-1)33-21-23-34(24-22-33)35-14-10-15-36(27-35)39-30-46(49-28-37-13-4-5-16-40(37)47(49)31-39)38-25-26-45-43-19-7-6-17-41(43)42-18-8-9-20-44(42)48(45)29-38/h1-30H,31H2;1-28,30-31H,29H2;1-27,29-31H,28H2. The molecule has 27 aromatic rings. The highest BCUT2D eigenvalue weighted by Crippen LogP contribution is 2.52. The molecule has 684 valence electrons. The maximum atomic E-state index is 2.44. The van der Waals surface area contributed by atoms with Gasteiger partial charge >= 0.3 is 0 Å². The number of fused-ring (bicyclic) bond motifs is 27. The number of hydrogen-bond donors (Lipinski definition) is 0. The number of hydrogen-bond acceptors (Lipinski definition) is 0. The van der Waals surface area contributed by atoms with Crippen molar-refractivity contribution < 1.29 is 0 Å². The lowest BCUT2D eigenvalue weighted by molar-refractivity contribution is 1.26. The predicted molar refractivity (Wildman–Crippen MR) is 627 cm³/mol. The first-order valence-corrected chi connectivity index (χ1v) is 51.4. The van der Waals surface area contributed by atoms with Gasteiger partial charge in [-0.1, -0.05) is 479 Å². The molecular formula is C147H96. The molecule has 30 rings (SSSR count). The second-order valence-electron chi connectivity index (χ2n) is 39.8. The summed E-state index contributed by atoms with van der Waals surface area (Å²) in [6.07, 6.45) is 2.85. The quantitative estimate of drug-likeness (QED) is 0.107. The topological polar surface area (TPSA) is 0 Å². The zero-order valence-electron chi connectivity index (χ0n) is 81.1. The van der Waals surface area contributed by atoms with Gasteiger partial charge < -0.3 is 0 Å². The summed E-state index contributed by atoms with van der Waals surface area (Å²) in [5.74, 6) is 0. The fourth-order valence-electron chi connectivity index (χ4n) is 24.3. The molecule has 0 nitrogen and oxygen atoms in total. The van der Waals surface area contributed by atoms with Crippen LogP contribution in [-0.4, -0.2) is 0 Å². The lowest BCUT2D eigenvalue weighted by Crippen LogP contribution is -1.92. The normalized spacial score (nSPS) is 12.0. The fraction of sp³-hybridized carbons (Fsp3) is 0.0204. The van der Waals surface area contributed by atoms with Gasteiger partial charge in [-0.25, -0.2) is 0 Å². The van der Waals surface area contributed by atoms with Crippen molar-refractivity contribution in [2.75, 3.05) is 0 Å². The van der Waals surface area contributed by atoms with Crippen molar-refractivity contribution in [2.45, 2.75) is 19.3 Å². The summed E-state index contributed by atoms with van der Waals surface area (Å²) < 4.78 is 0. The first-order valence-electron chi connectivity index (χ1n) is 51.4. The van der Waals surface area contributed by atoms with Crippen LogP contribution in [0, 0.1) is 0 Å². The van der Waals surface area contributed by atoms with Crippen LogP contribution in [0.5, 0.6) is 0 Å². The molecule has 0 unspecified atom stereocenters. The van der Waals surface area contributed by atoms with Crippen LogP contribution in [0.1, 0.15) is 33.4 Å². The average molecular weight is 1860 g/mol. The summed E-state index contributed by atoms with van der Waals surface area (Å²) in [6.45, 7) is 0. The Morgan fingerprint density at radius 1 is 0.0816 bits per heavy atom. The Balaban J connectivity index is 0.000000107. The second kappa shape index (κ2) is 36.4. The summed E-state index contributed by atoms with van der Waals surface area (Å²) in [7, 11) is 0. The Morgan fingerprint density at radius 3 is 0.646 bits per heavy atom. The highest BCUT2D eigenvalue weighted by molar-refractivity contribution is 6.29. The molecule has 0 spiro atoms. The molecule has 27 aromatic carbocycles. The Bertz CT molecular complexity index is 9840. The SMILES string of the molecule is c1ccc(-c2ccc(-c3cccc(-c4cc(-c5ccc6c7ccccc7c7ccccc7c6c5)c5c(c4)-c4ccccc4C5)c3)cc2)cc1.c1ccc(-c2ccc(-c3cccc(-c4cc(-c5ccc6c7ccccc7c7ccccc7c6c5)cc5c4Cc4ccccc4-5)c3)cc2)cc1.c1ccc(-c2ccc(-c3cccc(-c4cccc5c4Cc4ccc(-c6ccc7c8ccccc8c8ccccc8c7c6)cc4-5)c3)cc2)cc1. The Hall–Kier alpha value is -18.7. The van der Waals surface area contributed by atoms with Gasteiger partial charge in [0.2, 0.25) is 0 Å². The van der Waals surface area contributed by atoms with Gasteiger partial charge in [0.05, 0.1) is 0 Å². The van der Waals surface area contributed by atoms with E-state index in [4.69, 9.17) is 0 Å². The van der Waals surface area contributed by atoms with Gasteiger partial charge in [0.1, 0.15) is 0 Å². The third-order valence-corrected chi connectivity index (χ3v) is 31.5. The second-order valence-corrected chi connectivity index (χ2v) is 39.8. The van der Waals surface area contributed by atoms with E-state index in [1.807, 2.05) is 0 Å². The minimum absolute atomic E-state index is 0.950. The number of rotatable bonds is 12. The van der Waals surface area contributed by atoms with E-state index >= 15 is 0 Å². The van der Waals surface area contributed by atoms with Gasteiger partial charge in [0, 0.05) is 0 Å². The Morgan fingerprint density at radius 2 is 0.272 bits per heavy atom. The minimum Gasteiger partial charge on any atom is -0.0622 e. The van der Waals surface area contributed by atoms with Crippen molar-refractivity contribution >= 4 is 97.0 Å². The Labute approximate surface area is 856 Å². The van der Waals surface area contributed by atoms with E-state index in [0.717, 1.165) is 19.3 Å². The van der Waals surface area contributed by atoms with E-state index in [9.17, 15) is 0 Å². The van der Waals surface area contributed by atoms with Gasteiger partial charge in [0.15, 0.2) is 0 Å². The molecule has 0 N–H and O–H groups in total. The average Bonchev–Trinajstić information content (AvgIpc) is 1.67. The summed E-state index contributed by atoms with van der Waals surface area (Å²) in [5, 5.41) is 23.5. The molecule has 0 amide bonds. The highest BCUT2D eigenvalue weighted by Gasteiger charge is 2.29. The minimum atomic E-state index is 0.950. The molecular weight excluding hydrogens is 1770 g/mol. The van der Waals surface area contributed by atoms with Crippen LogP contribution in [0.25, 0.3) is 264 Å². The molecule has 0 radical (unpaired) electrons. The van der Waals surface area contributed by atoms with Crippen LogP contribution in [0.2, 0.25) is 0 Å². The summed E-state index contributed by atoms with van der Waals surface area (Å²) >= 11 is 0.